The third-order valence-corrected chi connectivity index (χ3v) is 7.07. The van der Waals surface area contributed by atoms with E-state index in [1.807, 2.05) is 73.8 Å². The molecule has 1 aromatic heterocycles. The van der Waals surface area contributed by atoms with E-state index in [9.17, 15) is 9.59 Å². The van der Waals surface area contributed by atoms with Gasteiger partial charge in [0.25, 0.3) is 5.91 Å². The molecule has 0 spiro atoms. The van der Waals surface area contributed by atoms with E-state index in [1.54, 1.807) is 23.0 Å². The Balaban J connectivity index is 1.39. The summed E-state index contributed by atoms with van der Waals surface area (Å²) >= 11 is 0. The number of fused-ring (bicyclic) bond motifs is 1. The van der Waals surface area contributed by atoms with Crippen LogP contribution < -0.4 is 15.1 Å². The van der Waals surface area contributed by atoms with Gasteiger partial charge in [-0.15, -0.1) is 0 Å². The van der Waals surface area contributed by atoms with Gasteiger partial charge in [-0.2, -0.15) is 0 Å². The molecule has 2 aliphatic rings. The molecule has 1 fully saturated rings. The highest BCUT2D eigenvalue weighted by Crippen LogP contribution is 2.39. The summed E-state index contributed by atoms with van der Waals surface area (Å²) in [6, 6.07) is 21.2. The number of carbonyl (C=O) groups is 2. The van der Waals surface area contributed by atoms with Gasteiger partial charge in [-0.05, 0) is 49.0 Å². The zero-order valence-electron chi connectivity index (χ0n) is 21.5. The van der Waals surface area contributed by atoms with E-state index in [0.29, 0.717) is 23.5 Å². The second-order valence-electron chi connectivity index (χ2n) is 9.56. The number of nitrogens with zero attached hydrogens (tertiary/aromatic N) is 5. The second-order valence-corrected chi connectivity index (χ2v) is 9.56. The lowest BCUT2D eigenvalue weighted by molar-refractivity contribution is -0.119. The minimum absolute atomic E-state index is 0.0691. The van der Waals surface area contributed by atoms with Crippen LogP contribution in [-0.4, -0.2) is 80.5 Å². The number of hydrogen-bond donors (Lipinski definition) is 1. The number of hydrogen-bond acceptors (Lipinski definition) is 6. The number of rotatable bonds is 6. The van der Waals surface area contributed by atoms with E-state index in [4.69, 9.17) is 0 Å². The first kappa shape index (κ1) is 24.7. The molecule has 0 saturated carbocycles. The largest absolute Gasteiger partial charge is 0.354 e. The van der Waals surface area contributed by atoms with Crippen molar-refractivity contribution in [3.8, 4) is 0 Å². The Hall–Kier alpha value is -4.01. The third-order valence-electron chi connectivity index (χ3n) is 7.07. The van der Waals surface area contributed by atoms with Crippen LogP contribution in [0.1, 0.15) is 11.3 Å². The van der Waals surface area contributed by atoms with Crippen molar-refractivity contribution in [3.05, 3.63) is 84.2 Å². The van der Waals surface area contributed by atoms with Crippen LogP contribution in [0.15, 0.2) is 72.9 Å². The zero-order chi connectivity index (χ0) is 25.9. The Morgan fingerprint density at radius 1 is 0.946 bits per heavy atom. The Bertz CT molecular complexity index is 1310. The van der Waals surface area contributed by atoms with E-state index < -0.39 is 0 Å². The summed E-state index contributed by atoms with van der Waals surface area (Å²) in [6.45, 7) is 4.18. The molecule has 37 heavy (non-hydrogen) atoms. The monoisotopic (exact) mass is 496 g/mol. The van der Waals surface area contributed by atoms with Crippen molar-refractivity contribution in [2.24, 2.45) is 0 Å². The maximum Gasteiger partial charge on any atom is 0.262 e. The molecule has 0 aliphatic carbocycles. The molecule has 0 atom stereocenters. The van der Waals surface area contributed by atoms with Crippen LogP contribution in [0.2, 0.25) is 0 Å². The van der Waals surface area contributed by atoms with Gasteiger partial charge in [-0.1, -0.05) is 30.3 Å². The summed E-state index contributed by atoms with van der Waals surface area (Å²) in [6.07, 6.45) is 1.71. The summed E-state index contributed by atoms with van der Waals surface area (Å²) < 4.78 is 0. The number of carbonyl (C=O) groups excluding carboxylic acids is 2. The fourth-order valence-electron chi connectivity index (χ4n) is 4.71. The third kappa shape index (κ3) is 5.12. The first-order valence-electron chi connectivity index (χ1n) is 12.5. The van der Waals surface area contributed by atoms with Crippen molar-refractivity contribution in [2.75, 3.05) is 69.0 Å². The molecule has 8 heteroatoms. The van der Waals surface area contributed by atoms with Crippen LogP contribution in [0.3, 0.4) is 0 Å². The van der Waals surface area contributed by atoms with E-state index in [2.05, 4.69) is 27.1 Å². The maximum absolute atomic E-state index is 13.3. The van der Waals surface area contributed by atoms with Gasteiger partial charge in [0, 0.05) is 57.8 Å². The predicted octanol–water partition coefficient (Wildman–Crippen LogP) is 3.25. The zero-order valence-corrected chi connectivity index (χ0v) is 21.5. The highest BCUT2D eigenvalue weighted by Gasteiger charge is 2.34. The van der Waals surface area contributed by atoms with Gasteiger partial charge in [-0.25, -0.2) is 0 Å². The van der Waals surface area contributed by atoms with Gasteiger partial charge in [-0.3, -0.25) is 19.5 Å². The number of nitrogens with one attached hydrogen (secondary N) is 1. The molecule has 0 radical (unpaired) electrons. The molecular formula is C29H32N6O2. The fraction of sp³-hybridized carbons (Fsp3) is 0.276. The smallest absolute Gasteiger partial charge is 0.262 e. The Morgan fingerprint density at radius 3 is 2.35 bits per heavy atom. The topological polar surface area (TPSA) is 72.0 Å². The van der Waals surface area contributed by atoms with Crippen LogP contribution in [0.5, 0.6) is 0 Å². The maximum atomic E-state index is 13.3. The van der Waals surface area contributed by atoms with Gasteiger partial charge < -0.3 is 20.0 Å². The molecule has 1 N–H and O–H groups in total. The van der Waals surface area contributed by atoms with Gasteiger partial charge >= 0.3 is 0 Å². The van der Waals surface area contributed by atoms with Crippen molar-refractivity contribution in [1.82, 2.24) is 14.8 Å². The number of aromatic nitrogens is 1. The quantitative estimate of drug-likeness (QED) is 0.529. The van der Waals surface area contributed by atoms with Crippen molar-refractivity contribution < 1.29 is 9.59 Å². The van der Waals surface area contributed by atoms with Crippen LogP contribution in [0, 0.1) is 0 Å². The van der Waals surface area contributed by atoms with Crippen molar-refractivity contribution in [1.29, 1.82) is 0 Å². The van der Waals surface area contributed by atoms with E-state index >= 15 is 0 Å². The molecule has 2 aromatic carbocycles. The van der Waals surface area contributed by atoms with E-state index in [-0.39, 0.29) is 11.8 Å². The van der Waals surface area contributed by atoms with Crippen LogP contribution in [-0.2, 0) is 9.59 Å². The Morgan fingerprint density at radius 2 is 1.65 bits per heavy atom. The highest BCUT2D eigenvalue weighted by atomic mass is 16.2. The molecule has 5 rings (SSSR count). The van der Waals surface area contributed by atoms with Gasteiger partial charge in [0.05, 0.1) is 23.5 Å². The summed E-state index contributed by atoms with van der Waals surface area (Å²) in [5.41, 5.74) is 5.20. The summed E-state index contributed by atoms with van der Waals surface area (Å²) in [5.74, 6) is -0.0365. The molecule has 190 valence electrons. The van der Waals surface area contributed by atoms with Crippen molar-refractivity contribution in [2.45, 2.75) is 0 Å². The first-order chi connectivity index (χ1) is 17.9. The van der Waals surface area contributed by atoms with E-state index in [0.717, 1.165) is 48.8 Å². The average Bonchev–Trinajstić information content (AvgIpc) is 3.18. The number of piperazine rings is 1. The molecule has 3 aromatic rings. The molecule has 0 bridgehead atoms. The average molecular weight is 497 g/mol. The number of anilines is 3. The molecule has 1 saturated heterocycles. The van der Waals surface area contributed by atoms with Crippen molar-refractivity contribution >= 4 is 40.1 Å². The van der Waals surface area contributed by atoms with Crippen LogP contribution in [0.25, 0.3) is 11.3 Å². The molecule has 8 nitrogen and oxygen atoms in total. The summed E-state index contributed by atoms with van der Waals surface area (Å²) in [7, 11) is 5.69. The normalized spacial score (nSPS) is 17.5. The lowest BCUT2D eigenvalue weighted by atomic mass is 10.0. The van der Waals surface area contributed by atoms with Gasteiger partial charge in [0.2, 0.25) is 5.91 Å². The lowest BCUT2D eigenvalue weighted by Gasteiger charge is -2.32. The van der Waals surface area contributed by atoms with Gasteiger partial charge in [0.1, 0.15) is 5.69 Å². The van der Waals surface area contributed by atoms with Crippen LogP contribution >= 0.6 is 0 Å². The number of likely N-dealkylation sites (N-methyl/N-ethyl adjacent to an activating group) is 3. The standard InChI is InChI=1S/C29H32N6O2/c1-32-16-18-35(19-17-32)20-25(36)33(2)23-13-11-22(12-14-23)31-27(21-8-5-4-6-9-21)26-28-24(10-7-15-30-28)34(3)29(26)37/h4-15,31H,16-20H2,1-3H3. The number of amides is 2. The highest BCUT2D eigenvalue weighted by molar-refractivity contribution is 6.37. The van der Waals surface area contributed by atoms with Crippen molar-refractivity contribution in [3.63, 3.8) is 0 Å². The lowest BCUT2D eigenvalue weighted by Crippen LogP contribution is -2.48. The van der Waals surface area contributed by atoms with E-state index in [1.165, 1.54) is 0 Å². The predicted molar refractivity (Wildman–Crippen MR) is 148 cm³/mol. The number of pyridine rings is 1. The minimum atomic E-state index is -0.106. The minimum Gasteiger partial charge on any atom is -0.354 e. The van der Waals surface area contributed by atoms with Crippen LogP contribution in [0.4, 0.5) is 17.1 Å². The Labute approximate surface area is 217 Å². The molecular weight excluding hydrogens is 464 g/mol. The SMILES string of the molecule is CN1CCN(CC(=O)N(C)c2ccc(NC(=C3C(=O)N(C)c4cccnc43)c3ccccc3)cc2)CC1. The molecule has 2 amide bonds. The first-order valence-corrected chi connectivity index (χ1v) is 12.5. The fourth-order valence-corrected chi connectivity index (χ4v) is 4.71. The van der Waals surface area contributed by atoms with Gasteiger partial charge in [0.15, 0.2) is 0 Å². The molecule has 2 aliphatic heterocycles. The second kappa shape index (κ2) is 10.5. The molecule has 3 heterocycles. The Kier molecular flexibility index (Phi) is 7.03. The molecule has 0 unspecified atom stereocenters. The summed E-state index contributed by atoms with van der Waals surface area (Å²) in [4.78, 5) is 38.5. The number of benzene rings is 2. The summed E-state index contributed by atoms with van der Waals surface area (Å²) in [5, 5.41) is 3.47.